The van der Waals surface area contributed by atoms with Crippen molar-refractivity contribution in [2.24, 2.45) is 0 Å². The van der Waals surface area contributed by atoms with Crippen molar-refractivity contribution in [3.63, 3.8) is 0 Å². The molecule has 17 heavy (non-hydrogen) atoms. The highest BCUT2D eigenvalue weighted by atomic mass is 35.5. The summed E-state index contributed by atoms with van der Waals surface area (Å²) in [6.07, 6.45) is 3.76. The van der Waals surface area contributed by atoms with Crippen molar-refractivity contribution < 1.29 is 9.53 Å². The molecule has 0 amide bonds. The summed E-state index contributed by atoms with van der Waals surface area (Å²) in [5, 5.41) is -0.516. The van der Waals surface area contributed by atoms with E-state index < -0.39 is 5.38 Å². The molecule has 2 unspecified atom stereocenters. The number of hydrogen-bond acceptors (Lipinski definition) is 2. The Morgan fingerprint density at radius 2 is 2.18 bits per heavy atom. The van der Waals surface area contributed by atoms with Crippen molar-refractivity contribution in [2.75, 3.05) is 6.61 Å². The van der Waals surface area contributed by atoms with E-state index in [1.165, 1.54) is 0 Å². The minimum atomic E-state index is -0.516. The molecule has 2 atom stereocenters. The van der Waals surface area contributed by atoms with Gasteiger partial charge < -0.3 is 4.74 Å². The third kappa shape index (κ3) is 3.55. The Morgan fingerprint density at radius 3 is 2.82 bits per heavy atom. The van der Waals surface area contributed by atoms with Gasteiger partial charge in [-0.1, -0.05) is 30.3 Å². The highest BCUT2D eigenvalue weighted by Crippen LogP contribution is 2.25. The van der Waals surface area contributed by atoms with Crippen LogP contribution in [0.3, 0.4) is 0 Å². The molecule has 0 radical (unpaired) electrons. The zero-order chi connectivity index (χ0) is 12.1. The Bertz CT molecular complexity index is 358. The molecule has 2 nitrogen and oxygen atoms in total. The number of halogens is 1. The van der Waals surface area contributed by atoms with E-state index in [4.69, 9.17) is 16.3 Å². The Hall–Kier alpha value is -0.860. The van der Waals surface area contributed by atoms with Gasteiger partial charge in [0.05, 0.1) is 6.10 Å². The number of benzene rings is 1. The van der Waals surface area contributed by atoms with Crippen LogP contribution in [0.4, 0.5) is 0 Å². The van der Waals surface area contributed by atoms with Crippen LogP contribution in [0.5, 0.6) is 0 Å². The van der Waals surface area contributed by atoms with Crippen LogP contribution in [-0.2, 0) is 9.53 Å². The Morgan fingerprint density at radius 1 is 1.41 bits per heavy atom. The average Bonchev–Trinajstić information content (AvgIpc) is 2.89. The average molecular weight is 253 g/mol. The first-order valence-electron chi connectivity index (χ1n) is 6.10. The van der Waals surface area contributed by atoms with E-state index in [0.29, 0.717) is 6.42 Å². The molecule has 1 aliphatic heterocycles. The highest BCUT2D eigenvalue weighted by molar-refractivity contribution is 6.31. The largest absolute Gasteiger partial charge is 0.378 e. The summed E-state index contributed by atoms with van der Waals surface area (Å²) in [7, 11) is 0. The quantitative estimate of drug-likeness (QED) is 0.750. The van der Waals surface area contributed by atoms with Gasteiger partial charge in [0.25, 0.3) is 0 Å². The monoisotopic (exact) mass is 252 g/mol. The highest BCUT2D eigenvalue weighted by Gasteiger charge is 2.21. The molecule has 0 bridgehead atoms. The van der Waals surface area contributed by atoms with Crippen LogP contribution in [0.2, 0.25) is 0 Å². The van der Waals surface area contributed by atoms with Gasteiger partial charge in [-0.05, 0) is 24.8 Å². The second-order valence-electron chi connectivity index (χ2n) is 4.41. The van der Waals surface area contributed by atoms with E-state index in [1.807, 2.05) is 30.3 Å². The fraction of sp³-hybridized carbons (Fsp3) is 0.500. The van der Waals surface area contributed by atoms with E-state index in [9.17, 15) is 4.79 Å². The number of rotatable bonds is 5. The third-order valence-corrected chi connectivity index (χ3v) is 3.61. The zero-order valence-electron chi connectivity index (χ0n) is 9.77. The van der Waals surface area contributed by atoms with Gasteiger partial charge in [0.1, 0.15) is 5.38 Å². The van der Waals surface area contributed by atoms with Crippen LogP contribution in [0, 0.1) is 0 Å². The lowest BCUT2D eigenvalue weighted by Crippen LogP contribution is -2.12. The van der Waals surface area contributed by atoms with E-state index in [1.54, 1.807) is 0 Å². The number of ether oxygens (including phenoxy) is 1. The van der Waals surface area contributed by atoms with E-state index in [2.05, 4.69) is 0 Å². The molecular weight excluding hydrogens is 236 g/mol. The summed E-state index contributed by atoms with van der Waals surface area (Å²) in [4.78, 5) is 11.9. The first-order valence-corrected chi connectivity index (χ1v) is 6.54. The SMILES string of the molecule is O=C(CCC1CCCO1)C(Cl)c1ccccc1. The Balaban J connectivity index is 1.83. The molecule has 1 heterocycles. The molecule has 3 heteroatoms. The number of ketones is 1. The van der Waals surface area contributed by atoms with Crippen LogP contribution in [0.1, 0.15) is 36.6 Å². The lowest BCUT2D eigenvalue weighted by Gasteiger charge is -2.11. The van der Waals surface area contributed by atoms with Crippen molar-refractivity contribution in [1.82, 2.24) is 0 Å². The van der Waals surface area contributed by atoms with Crippen molar-refractivity contribution >= 4 is 17.4 Å². The van der Waals surface area contributed by atoms with Gasteiger partial charge in [-0.25, -0.2) is 0 Å². The van der Waals surface area contributed by atoms with Gasteiger partial charge in [-0.3, -0.25) is 4.79 Å². The van der Waals surface area contributed by atoms with Crippen LogP contribution >= 0.6 is 11.6 Å². The van der Waals surface area contributed by atoms with Gasteiger partial charge in [-0.15, -0.1) is 11.6 Å². The summed E-state index contributed by atoms with van der Waals surface area (Å²) < 4.78 is 5.49. The summed E-state index contributed by atoms with van der Waals surface area (Å²) in [6, 6.07) is 9.50. The summed E-state index contributed by atoms with van der Waals surface area (Å²) >= 11 is 6.15. The van der Waals surface area contributed by atoms with E-state index >= 15 is 0 Å². The standard InChI is InChI=1S/C14H17ClO2/c15-14(11-5-2-1-3-6-11)13(16)9-8-12-7-4-10-17-12/h1-3,5-6,12,14H,4,7-10H2. The van der Waals surface area contributed by atoms with Crippen LogP contribution in [0.15, 0.2) is 30.3 Å². The molecule has 0 saturated carbocycles. The number of hydrogen-bond donors (Lipinski definition) is 0. The topological polar surface area (TPSA) is 26.3 Å². The van der Waals surface area contributed by atoms with Gasteiger partial charge in [0.2, 0.25) is 0 Å². The fourth-order valence-electron chi connectivity index (χ4n) is 2.11. The second kappa shape index (κ2) is 6.18. The molecule has 0 N–H and O–H groups in total. The van der Waals surface area contributed by atoms with Crippen molar-refractivity contribution in [3.05, 3.63) is 35.9 Å². The van der Waals surface area contributed by atoms with Crippen molar-refractivity contribution in [2.45, 2.75) is 37.2 Å². The maximum absolute atomic E-state index is 11.9. The summed E-state index contributed by atoms with van der Waals surface area (Å²) in [5.74, 6) is 0.0911. The minimum Gasteiger partial charge on any atom is -0.378 e. The fourth-order valence-corrected chi connectivity index (χ4v) is 2.36. The molecule has 1 saturated heterocycles. The van der Waals surface area contributed by atoms with Gasteiger partial charge >= 0.3 is 0 Å². The van der Waals surface area contributed by atoms with Crippen LogP contribution < -0.4 is 0 Å². The molecule has 2 rings (SSSR count). The first kappa shape index (κ1) is 12.6. The van der Waals surface area contributed by atoms with Crippen LogP contribution in [-0.4, -0.2) is 18.5 Å². The molecule has 1 aliphatic rings. The number of Topliss-reactive ketones (excluding diaryl/α,β-unsaturated/α-hetero) is 1. The normalized spacial score (nSPS) is 21.4. The third-order valence-electron chi connectivity index (χ3n) is 3.11. The zero-order valence-corrected chi connectivity index (χ0v) is 10.5. The van der Waals surface area contributed by atoms with Crippen LogP contribution in [0.25, 0.3) is 0 Å². The first-order chi connectivity index (χ1) is 8.27. The van der Waals surface area contributed by atoms with Crippen molar-refractivity contribution in [3.8, 4) is 0 Å². The summed E-state index contributed by atoms with van der Waals surface area (Å²) in [5.41, 5.74) is 0.881. The van der Waals surface area contributed by atoms with Gasteiger partial charge in [0, 0.05) is 13.0 Å². The van der Waals surface area contributed by atoms with Gasteiger partial charge in [-0.2, -0.15) is 0 Å². The summed E-state index contributed by atoms with van der Waals surface area (Å²) in [6.45, 7) is 0.835. The molecular formula is C14H17ClO2. The maximum atomic E-state index is 11.9. The molecule has 0 aliphatic carbocycles. The van der Waals surface area contributed by atoms with Gasteiger partial charge in [0.15, 0.2) is 5.78 Å². The lowest BCUT2D eigenvalue weighted by molar-refractivity contribution is -0.119. The number of carbonyl (C=O) groups is 1. The molecule has 0 aromatic heterocycles. The lowest BCUT2D eigenvalue weighted by atomic mass is 10.0. The van der Waals surface area contributed by atoms with E-state index in [-0.39, 0.29) is 11.9 Å². The molecule has 92 valence electrons. The Labute approximate surface area is 107 Å². The molecule has 1 fully saturated rings. The minimum absolute atomic E-state index is 0.0911. The maximum Gasteiger partial charge on any atom is 0.155 e. The second-order valence-corrected chi connectivity index (χ2v) is 4.85. The van der Waals surface area contributed by atoms with E-state index in [0.717, 1.165) is 31.4 Å². The predicted molar refractivity (Wildman–Crippen MR) is 68.3 cm³/mol. The number of carbonyl (C=O) groups excluding carboxylic acids is 1. The number of alkyl halides is 1. The Kier molecular flexibility index (Phi) is 4.57. The smallest absolute Gasteiger partial charge is 0.155 e. The predicted octanol–water partition coefficient (Wildman–Crippen LogP) is 3.49. The molecule has 1 aromatic rings. The van der Waals surface area contributed by atoms with Crippen molar-refractivity contribution in [1.29, 1.82) is 0 Å². The molecule has 1 aromatic carbocycles. The molecule has 0 spiro atoms.